The van der Waals surface area contributed by atoms with Gasteiger partial charge in [0.1, 0.15) is 0 Å². The molecule has 1 unspecified atom stereocenters. The van der Waals surface area contributed by atoms with Crippen LogP contribution < -0.4 is 0 Å². The van der Waals surface area contributed by atoms with Gasteiger partial charge in [-0.05, 0) is 46.0 Å². The molecule has 2 nitrogen and oxygen atoms in total. The van der Waals surface area contributed by atoms with Crippen molar-refractivity contribution in [3.8, 4) is 0 Å². The summed E-state index contributed by atoms with van der Waals surface area (Å²) in [5.41, 5.74) is 2.57. The second kappa shape index (κ2) is 8.14. The topological polar surface area (TPSA) is 37.3 Å². The largest absolute Gasteiger partial charge is 0.481 e. The first-order chi connectivity index (χ1) is 7.43. The van der Waals surface area contributed by atoms with Gasteiger partial charge in [-0.3, -0.25) is 4.79 Å². The normalized spacial score (nSPS) is 13.6. The zero-order valence-electron chi connectivity index (χ0n) is 10.8. The molecule has 0 aliphatic heterocycles. The van der Waals surface area contributed by atoms with Gasteiger partial charge in [-0.15, -0.1) is 6.58 Å². The van der Waals surface area contributed by atoms with Crippen molar-refractivity contribution in [2.75, 3.05) is 0 Å². The zero-order valence-corrected chi connectivity index (χ0v) is 10.8. The molecule has 0 rings (SSSR count). The first-order valence-electron chi connectivity index (χ1n) is 5.96. The molecule has 0 aromatic carbocycles. The molecule has 0 heterocycles. The van der Waals surface area contributed by atoms with Gasteiger partial charge >= 0.3 is 5.97 Å². The lowest BCUT2D eigenvalue weighted by Gasteiger charge is -2.06. The van der Waals surface area contributed by atoms with Gasteiger partial charge in [0.2, 0.25) is 0 Å². The fraction of sp³-hybridized carbons (Fsp3) is 0.643. The number of carbonyl (C=O) groups is 1. The lowest BCUT2D eigenvalue weighted by molar-refractivity contribution is -0.141. The molecule has 0 aliphatic rings. The third-order valence-corrected chi connectivity index (χ3v) is 2.69. The van der Waals surface area contributed by atoms with Crippen LogP contribution in [-0.2, 0) is 4.79 Å². The molecule has 0 fully saturated rings. The molecule has 2 heteroatoms. The Hall–Kier alpha value is -1.05. The van der Waals surface area contributed by atoms with Crippen LogP contribution in [0.15, 0.2) is 23.8 Å². The van der Waals surface area contributed by atoms with Gasteiger partial charge in [-0.1, -0.05) is 24.1 Å². The molecule has 0 bridgehead atoms. The van der Waals surface area contributed by atoms with E-state index in [0.29, 0.717) is 0 Å². The fourth-order valence-corrected chi connectivity index (χ4v) is 1.48. The van der Waals surface area contributed by atoms with E-state index in [2.05, 4.69) is 19.6 Å². The van der Waals surface area contributed by atoms with Crippen LogP contribution in [0, 0.1) is 5.92 Å². The van der Waals surface area contributed by atoms with Crippen molar-refractivity contribution < 1.29 is 9.90 Å². The maximum absolute atomic E-state index is 10.6. The Morgan fingerprint density at radius 3 is 2.50 bits per heavy atom. The summed E-state index contributed by atoms with van der Waals surface area (Å²) in [6.07, 6.45) is 7.07. The van der Waals surface area contributed by atoms with Gasteiger partial charge in [0.05, 0.1) is 5.92 Å². The summed E-state index contributed by atoms with van der Waals surface area (Å²) in [7, 11) is 0. The van der Waals surface area contributed by atoms with Gasteiger partial charge in [0, 0.05) is 0 Å². The third-order valence-electron chi connectivity index (χ3n) is 2.69. The first-order valence-corrected chi connectivity index (χ1v) is 5.96. The molecule has 0 aromatic heterocycles. The molecule has 92 valence electrons. The van der Waals surface area contributed by atoms with Crippen molar-refractivity contribution in [3.05, 3.63) is 23.8 Å². The van der Waals surface area contributed by atoms with Crippen molar-refractivity contribution in [2.24, 2.45) is 5.92 Å². The van der Waals surface area contributed by atoms with E-state index >= 15 is 0 Å². The molecule has 0 radical (unpaired) electrons. The number of allylic oxidation sites excluding steroid dienone is 3. The van der Waals surface area contributed by atoms with Gasteiger partial charge in [0.25, 0.3) is 0 Å². The highest BCUT2D eigenvalue weighted by Gasteiger charge is 2.09. The summed E-state index contributed by atoms with van der Waals surface area (Å²) in [6, 6.07) is 0. The van der Waals surface area contributed by atoms with E-state index in [1.165, 1.54) is 11.1 Å². The summed E-state index contributed by atoms with van der Waals surface area (Å²) in [5.74, 6) is -0.910. The predicted octanol–water partition coefficient (Wildman–Crippen LogP) is 4.18. The number of carboxylic acids is 1. The summed E-state index contributed by atoms with van der Waals surface area (Å²) in [4.78, 5) is 10.6. The van der Waals surface area contributed by atoms with Crippen molar-refractivity contribution in [1.82, 2.24) is 0 Å². The van der Waals surface area contributed by atoms with E-state index in [0.717, 1.165) is 32.1 Å². The molecule has 0 spiro atoms. The second-order valence-corrected chi connectivity index (χ2v) is 4.68. The van der Waals surface area contributed by atoms with Crippen LogP contribution in [0.25, 0.3) is 0 Å². The Labute approximate surface area is 99.1 Å². The minimum Gasteiger partial charge on any atom is -0.481 e. The maximum Gasteiger partial charge on any atom is 0.306 e. The maximum atomic E-state index is 10.6. The molecule has 16 heavy (non-hydrogen) atoms. The SMILES string of the molecule is C=C(C)CC/C=C(\C)CCCC(C)C(=O)O. The summed E-state index contributed by atoms with van der Waals surface area (Å²) < 4.78 is 0. The van der Waals surface area contributed by atoms with Gasteiger partial charge in [-0.2, -0.15) is 0 Å². The number of rotatable bonds is 8. The van der Waals surface area contributed by atoms with Crippen molar-refractivity contribution in [1.29, 1.82) is 0 Å². The Morgan fingerprint density at radius 2 is 2.00 bits per heavy atom. The number of carboxylic acid groups (broad SMARTS) is 1. The summed E-state index contributed by atoms with van der Waals surface area (Å²) in [5, 5.41) is 8.73. The van der Waals surface area contributed by atoms with E-state index in [4.69, 9.17) is 5.11 Å². The number of hydrogen-bond donors (Lipinski definition) is 1. The zero-order chi connectivity index (χ0) is 12.6. The molecule has 0 saturated carbocycles. The van der Waals surface area contributed by atoms with E-state index < -0.39 is 5.97 Å². The van der Waals surface area contributed by atoms with Gasteiger partial charge < -0.3 is 5.11 Å². The predicted molar refractivity (Wildman–Crippen MR) is 68.5 cm³/mol. The van der Waals surface area contributed by atoms with E-state index in [-0.39, 0.29) is 5.92 Å². The van der Waals surface area contributed by atoms with Crippen molar-refractivity contribution >= 4 is 5.97 Å². The molecule has 0 aromatic rings. The standard InChI is InChI=1S/C14H24O2/c1-11(2)7-5-8-12(3)9-6-10-13(4)14(15)16/h8,13H,1,5-7,9-10H2,2-4H3,(H,15,16)/b12-8+. The summed E-state index contributed by atoms with van der Waals surface area (Å²) >= 11 is 0. The molecule has 0 amide bonds. The molecule has 1 N–H and O–H groups in total. The number of aliphatic carboxylic acids is 1. The van der Waals surface area contributed by atoms with Crippen LogP contribution in [0.1, 0.15) is 52.9 Å². The van der Waals surface area contributed by atoms with Crippen LogP contribution in [0.3, 0.4) is 0 Å². The molecule has 0 saturated heterocycles. The average Bonchev–Trinajstić information content (AvgIpc) is 2.16. The Morgan fingerprint density at radius 1 is 1.38 bits per heavy atom. The lowest BCUT2D eigenvalue weighted by Crippen LogP contribution is -2.08. The Balaban J connectivity index is 3.68. The fourth-order valence-electron chi connectivity index (χ4n) is 1.48. The molecule has 1 atom stereocenters. The third kappa shape index (κ3) is 8.27. The van der Waals surface area contributed by atoms with Crippen LogP contribution in [0.2, 0.25) is 0 Å². The molecule has 0 aliphatic carbocycles. The average molecular weight is 224 g/mol. The van der Waals surface area contributed by atoms with Crippen molar-refractivity contribution in [2.45, 2.75) is 52.9 Å². The van der Waals surface area contributed by atoms with Crippen LogP contribution in [0.5, 0.6) is 0 Å². The van der Waals surface area contributed by atoms with Crippen LogP contribution >= 0.6 is 0 Å². The Kier molecular flexibility index (Phi) is 7.61. The van der Waals surface area contributed by atoms with E-state index in [9.17, 15) is 4.79 Å². The highest BCUT2D eigenvalue weighted by Crippen LogP contribution is 2.14. The van der Waals surface area contributed by atoms with Gasteiger partial charge in [-0.25, -0.2) is 0 Å². The lowest BCUT2D eigenvalue weighted by atomic mass is 10.0. The van der Waals surface area contributed by atoms with Gasteiger partial charge in [0.15, 0.2) is 0 Å². The molecular formula is C14H24O2. The minimum atomic E-state index is -0.691. The highest BCUT2D eigenvalue weighted by atomic mass is 16.4. The van der Waals surface area contributed by atoms with Crippen molar-refractivity contribution in [3.63, 3.8) is 0 Å². The van der Waals surface area contributed by atoms with E-state index in [1.807, 2.05) is 6.92 Å². The van der Waals surface area contributed by atoms with Crippen LogP contribution in [0.4, 0.5) is 0 Å². The monoisotopic (exact) mass is 224 g/mol. The Bertz CT molecular complexity index is 264. The molecular weight excluding hydrogens is 200 g/mol. The first kappa shape index (κ1) is 14.9. The second-order valence-electron chi connectivity index (χ2n) is 4.68. The highest BCUT2D eigenvalue weighted by molar-refractivity contribution is 5.69. The summed E-state index contributed by atoms with van der Waals surface area (Å²) in [6.45, 7) is 9.78. The van der Waals surface area contributed by atoms with Crippen LogP contribution in [-0.4, -0.2) is 11.1 Å². The number of hydrogen-bond acceptors (Lipinski definition) is 1. The van der Waals surface area contributed by atoms with E-state index in [1.54, 1.807) is 6.92 Å². The smallest absolute Gasteiger partial charge is 0.306 e. The quantitative estimate of drug-likeness (QED) is 0.628. The minimum absolute atomic E-state index is 0.219.